The van der Waals surface area contributed by atoms with Gasteiger partial charge in [-0.05, 0) is 26.0 Å². The molecule has 0 aliphatic rings. The molecule has 86 valence electrons. The normalized spacial score (nSPS) is 9.31. The molecule has 0 aromatic heterocycles. The second-order valence-corrected chi connectivity index (χ2v) is 3.09. The lowest BCUT2D eigenvalue weighted by atomic mass is 10.2. The van der Waals surface area contributed by atoms with Crippen LogP contribution in [0.2, 0.25) is 0 Å². The van der Waals surface area contributed by atoms with Gasteiger partial charge in [0.15, 0.2) is 11.5 Å². The van der Waals surface area contributed by atoms with Crippen LogP contribution in [0.3, 0.4) is 0 Å². The third kappa shape index (κ3) is 3.39. The SMILES string of the molecule is C#CCNc1ccc(OCC)c(OCC)c1. The van der Waals surface area contributed by atoms with E-state index in [9.17, 15) is 0 Å². The molecule has 0 aliphatic carbocycles. The molecule has 0 radical (unpaired) electrons. The number of hydrogen-bond acceptors (Lipinski definition) is 3. The molecule has 0 spiro atoms. The highest BCUT2D eigenvalue weighted by Gasteiger charge is 2.05. The molecule has 0 fully saturated rings. The van der Waals surface area contributed by atoms with Crippen LogP contribution in [-0.4, -0.2) is 19.8 Å². The van der Waals surface area contributed by atoms with E-state index >= 15 is 0 Å². The van der Waals surface area contributed by atoms with Gasteiger partial charge < -0.3 is 14.8 Å². The van der Waals surface area contributed by atoms with Gasteiger partial charge in [0.25, 0.3) is 0 Å². The average Bonchev–Trinajstić information content (AvgIpc) is 2.30. The standard InChI is InChI=1S/C13H17NO2/c1-4-9-14-11-7-8-12(15-5-2)13(10-11)16-6-3/h1,7-8,10,14H,5-6,9H2,2-3H3. The molecule has 0 saturated heterocycles. The molecule has 0 saturated carbocycles. The van der Waals surface area contributed by atoms with E-state index in [1.807, 2.05) is 32.0 Å². The Balaban J connectivity index is 2.84. The third-order valence-corrected chi connectivity index (χ3v) is 1.94. The van der Waals surface area contributed by atoms with E-state index in [0.717, 1.165) is 17.2 Å². The Labute approximate surface area is 96.8 Å². The van der Waals surface area contributed by atoms with Gasteiger partial charge in [0.1, 0.15) is 0 Å². The van der Waals surface area contributed by atoms with Crippen molar-refractivity contribution in [3.8, 4) is 23.8 Å². The molecule has 1 N–H and O–H groups in total. The molecule has 1 aromatic carbocycles. The van der Waals surface area contributed by atoms with Gasteiger partial charge in [-0.3, -0.25) is 0 Å². The topological polar surface area (TPSA) is 30.5 Å². The zero-order valence-corrected chi connectivity index (χ0v) is 9.75. The second-order valence-electron chi connectivity index (χ2n) is 3.09. The highest BCUT2D eigenvalue weighted by atomic mass is 16.5. The maximum Gasteiger partial charge on any atom is 0.163 e. The molecular formula is C13H17NO2. The summed E-state index contributed by atoms with van der Waals surface area (Å²) in [6, 6.07) is 5.70. The molecule has 0 atom stereocenters. The van der Waals surface area contributed by atoms with Crippen LogP contribution >= 0.6 is 0 Å². The quantitative estimate of drug-likeness (QED) is 0.746. The largest absolute Gasteiger partial charge is 0.490 e. The highest BCUT2D eigenvalue weighted by Crippen LogP contribution is 2.30. The Morgan fingerprint density at radius 1 is 1.19 bits per heavy atom. The molecule has 0 unspecified atom stereocenters. The van der Waals surface area contributed by atoms with Crippen LogP contribution in [0, 0.1) is 12.3 Å². The molecular weight excluding hydrogens is 202 g/mol. The average molecular weight is 219 g/mol. The van der Waals surface area contributed by atoms with Crippen LogP contribution in [0.15, 0.2) is 18.2 Å². The smallest absolute Gasteiger partial charge is 0.163 e. The lowest BCUT2D eigenvalue weighted by Crippen LogP contribution is -2.01. The molecule has 0 heterocycles. The number of anilines is 1. The van der Waals surface area contributed by atoms with Crippen molar-refractivity contribution in [2.75, 3.05) is 25.1 Å². The Bertz CT molecular complexity index is 369. The van der Waals surface area contributed by atoms with E-state index in [0.29, 0.717) is 19.8 Å². The Morgan fingerprint density at radius 3 is 2.50 bits per heavy atom. The maximum absolute atomic E-state index is 5.49. The summed E-state index contributed by atoms with van der Waals surface area (Å²) in [6.45, 7) is 5.62. The van der Waals surface area contributed by atoms with E-state index in [-0.39, 0.29) is 0 Å². The van der Waals surface area contributed by atoms with E-state index in [2.05, 4.69) is 11.2 Å². The van der Waals surface area contributed by atoms with Crippen molar-refractivity contribution in [3.63, 3.8) is 0 Å². The first kappa shape index (κ1) is 12.3. The van der Waals surface area contributed by atoms with Gasteiger partial charge in [-0.2, -0.15) is 0 Å². The molecule has 3 nitrogen and oxygen atoms in total. The van der Waals surface area contributed by atoms with E-state index < -0.39 is 0 Å². The first-order valence-corrected chi connectivity index (χ1v) is 5.38. The number of benzene rings is 1. The lowest BCUT2D eigenvalue weighted by molar-refractivity contribution is 0.288. The molecule has 0 amide bonds. The molecule has 0 bridgehead atoms. The summed E-state index contributed by atoms with van der Waals surface area (Å²) in [5, 5.41) is 3.09. The monoisotopic (exact) mass is 219 g/mol. The van der Waals surface area contributed by atoms with Gasteiger partial charge >= 0.3 is 0 Å². The molecule has 0 aliphatic heterocycles. The molecule has 1 rings (SSSR count). The van der Waals surface area contributed by atoms with Crippen LogP contribution in [0.5, 0.6) is 11.5 Å². The number of hydrogen-bond donors (Lipinski definition) is 1. The summed E-state index contributed by atoms with van der Waals surface area (Å²) in [7, 11) is 0. The molecule has 1 aromatic rings. The van der Waals surface area contributed by atoms with Gasteiger partial charge in [0.2, 0.25) is 0 Å². The van der Waals surface area contributed by atoms with Crippen molar-refractivity contribution < 1.29 is 9.47 Å². The van der Waals surface area contributed by atoms with Crippen LogP contribution in [0.1, 0.15) is 13.8 Å². The van der Waals surface area contributed by atoms with Gasteiger partial charge in [-0.1, -0.05) is 5.92 Å². The number of nitrogens with one attached hydrogen (secondary N) is 1. The van der Waals surface area contributed by atoms with Crippen molar-refractivity contribution in [3.05, 3.63) is 18.2 Å². The summed E-state index contributed by atoms with van der Waals surface area (Å²) >= 11 is 0. The fourth-order valence-corrected chi connectivity index (χ4v) is 1.31. The predicted molar refractivity (Wildman–Crippen MR) is 66.1 cm³/mol. The fourth-order valence-electron chi connectivity index (χ4n) is 1.31. The first-order chi connectivity index (χ1) is 7.81. The van der Waals surface area contributed by atoms with E-state index in [4.69, 9.17) is 15.9 Å². The third-order valence-electron chi connectivity index (χ3n) is 1.94. The van der Waals surface area contributed by atoms with E-state index in [1.165, 1.54) is 0 Å². The Hall–Kier alpha value is -1.82. The van der Waals surface area contributed by atoms with Crippen molar-refractivity contribution >= 4 is 5.69 Å². The van der Waals surface area contributed by atoms with E-state index in [1.54, 1.807) is 0 Å². The Morgan fingerprint density at radius 2 is 1.88 bits per heavy atom. The number of ether oxygens (including phenoxy) is 2. The fraction of sp³-hybridized carbons (Fsp3) is 0.385. The summed E-state index contributed by atoms with van der Waals surface area (Å²) < 4.78 is 10.9. The van der Waals surface area contributed by atoms with Crippen molar-refractivity contribution in [1.82, 2.24) is 0 Å². The van der Waals surface area contributed by atoms with Crippen molar-refractivity contribution in [2.24, 2.45) is 0 Å². The zero-order valence-electron chi connectivity index (χ0n) is 9.75. The summed E-state index contributed by atoms with van der Waals surface area (Å²) in [6.07, 6.45) is 5.18. The summed E-state index contributed by atoms with van der Waals surface area (Å²) in [5.74, 6) is 4.03. The lowest BCUT2D eigenvalue weighted by Gasteiger charge is -2.12. The molecule has 16 heavy (non-hydrogen) atoms. The zero-order chi connectivity index (χ0) is 11.8. The van der Waals surface area contributed by atoms with Crippen LogP contribution < -0.4 is 14.8 Å². The molecule has 3 heteroatoms. The van der Waals surface area contributed by atoms with Crippen molar-refractivity contribution in [1.29, 1.82) is 0 Å². The van der Waals surface area contributed by atoms with Crippen LogP contribution in [-0.2, 0) is 0 Å². The highest BCUT2D eigenvalue weighted by molar-refractivity contribution is 5.55. The van der Waals surface area contributed by atoms with Crippen molar-refractivity contribution in [2.45, 2.75) is 13.8 Å². The minimum Gasteiger partial charge on any atom is -0.490 e. The predicted octanol–water partition coefficient (Wildman–Crippen LogP) is 2.53. The van der Waals surface area contributed by atoms with Gasteiger partial charge in [0, 0.05) is 11.8 Å². The van der Waals surface area contributed by atoms with Gasteiger partial charge in [-0.25, -0.2) is 0 Å². The number of terminal acetylenes is 1. The van der Waals surface area contributed by atoms with Gasteiger partial charge in [-0.15, -0.1) is 6.42 Å². The van der Waals surface area contributed by atoms with Crippen LogP contribution in [0.25, 0.3) is 0 Å². The Kier molecular flexibility index (Phi) is 5.07. The summed E-state index contributed by atoms with van der Waals surface area (Å²) in [4.78, 5) is 0. The maximum atomic E-state index is 5.49. The second kappa shape index (κ2) is 6.62. The number of rotatable bonds is 6. The summed E-state index contributed by atoms with van der Waals surface area (Å²) in [5.41, 5.74) is 0.935. The minimum atomic E-state index is 0.500. The minimum absolute atomic E-state index is 0.500. The first-order valence-electron chi connectivity index (χ1n) is 5.38. The van der Waals surface area contributed by atoms with Gasteiger partial charge in [0.05, 0.1) is 19.8 Å². The van der Waals surface area contributed by atoms with Crippen LogP contribution in [0.4, 0.5) is 5.69 Å².